The highest BCUT2D eigenvalue weighted by atomic mass is 19.1. The number of hydrogen-bond donors (Lipinski definition) is 1. The highest BCUT2D eigenvalue weighted by Gasteiger charge is 2.16. The van der Waals surface area contributed by atoms with Gasteiger partial charge in [-0.1, -0.05) is 19.1 Å². The molecular formula is C21H19FN4O. The van der Waals surface area contributed by atoms with Crippen molar-refractivity contribution in [1.29, 1.82) is 0 Å². The van der Waals surface area contributed by atoms with Gasteiger partial charge in [-0.25, -0.2) is 14.1 Å². The van der Waals surface area contributed by atoms with Crippen molar-refractivity contribution >= 4 is 33.7 Å². The van der Waals surface area contributed by atoms with Gasteiger partial charge in [-0.3, -0.25) is 4.79 Å². The third kappa shape index (κ3) is 3.26. The molecule has 0 radical (unpaired) electrons. The van der Waals surface area contributed by atoms with Crippen LogP contribution in [-0.2, 0) is 6.54 Å². The Morgan fingerprint density at radius 3 is 2.67 bits per heavy atom. The number of hydrogen-bond acceptors (Lipinski definition) is 3. The number of carbonyl (C=O) groups excluding carboxylic acids is 1. The Bertz CT molecular complexity index is 1150. The number of nitrogens with one attached hydrogen (secondary N) is 1. The Kier molecular flexibility index (Phi) is 4.32. The number of benzene rings is 2. The van der Waals surface area contributed by atoms with Crippen molar-refractivity contribution in [3.8, 4) is 0 Å². The molecule has 0 atom stereocenters. The van der Waals surface area contributed by atoms with E-state index in [1.807, 2.05) is 35.9 Å². The maximum atomic E-state index is 13.1. The topological polar surface area (TPSA) is 59.8 Å². The molecule has 2 aromatic carbocycles. The van der Waals surface area contributed by atoms with Gasteiger partial charge in [0, 0.05) is 17.5 Å². The molecule has 4 aromatic rings. The lowest BCUT2D eigenvalue weighted by Gasteiger charge is -2.03. The maximum absolute atomic E-state index is 13.1. The predicted molar refractivity (Wildman–Crippen MR) is 104 cm³/mol. The SMILES string of the molecule is CCCn1nc(NC(=O)c2ccc(F)cc2)c2cc3ccc(C)cc3nc21. The monoisotopic (exact) mass is 362 g/mol. The summed E-state index contributed by atoms with van der Waals surface area (Å²) >= 11 is 0. The second-order valence-electron chi connectivity index (χ2n) is 6.59. The van der Waals surface area contributed by atoms with Crippen LogP contribution in [-0.4, -0.2) is 20.7 Å². The van der Waals surface area contributed by atoms with Gasteiger partial charge in [-0.05, 0) is 55.3 Å². The Hall–Kier alpha value is -3.28. The first-order valence-electron chi connectivity index (χ1n) is 8.90. The first-order chi connectivity index (χ1) is 13.0. The average Bonchev–Trinajstić information content (AvgIpc) is 2.97. The van der Waals surface area contributed by atoms with E-state index in [0.29, 0.717) is 17.9 Å². The highest BCUT2D eigenvalue weighted by molar-refractivity contribution is 6.08. The van der Waals surface area contributed by atoms with E-state index in [9.17, 15) is 9.18 Å². The van der Waals surface area contributed by atoms with Crippen molar-refractivity contribution in [2.75, 3.05) is 5.32 Å². The van der Waals surface area contributed by atoms with Gasteiger partial charge in [0.1, 0.15) is 5.82 Å². The van der Waals surface area contributed by atoms with Crippen molar-refractivity contribution in [1.82, 2.24) is 14.8 Å². The molecule has 2 heterocycles. The van der Waals surface area contributed by atoms with Gasteiger partial charge in [0.05, 0.1) is 10.9 Å². The Labute approximate surface area is 155 Å². The predicted octanol–water partition coefficient (Wildman–Crippen LogP) is 4.69. The molecule has 0 saturated carbocycles. The minimum absolute atomic E-state index is 0.331. The standard InChI is InChI=1S/C21H19FN4O/c1-3-10-26-20-17(12-15-5-4-13(2)11-18(15)23-20)19(25-26)24-21(27)14-6-8-16(22)9-7-14/h4-9,11-12H,3,10H2,1-2H3,(H,24,25,27). The number of aryl methyl sites for hydroxylation is 2. The molecule has 0 aliphatic carbocycles. The van der Waals surface area contributed by atoms with Crippen molar-refractivity contribution in [3.63, 3.8) is 0 Å². The zero-order valence-corrected chi connectivity index (χ0v) is 15.2. The van der Waals surface area contributed by atoms with Gasteiger partial charge in [-0.2, -0.15) is 5.10 Å². The summed E-state index contributed by atoms with van der Waals surface area (Å²) in [5.74, 6) is -0.250. The number of amides is 1. The van der Waals surface area contributed by atoms with Crippen LogP contribution in [0, 0.1) is 12.7 Å². The molecule has 0 unspecified atom stereocenters. The number of anilines is 1. The van der Waals surface area contributed by atoms with Crippen molar-refractivity contribution in [3.05, 3.63) is 65.5 Å². The lowest BCUT2D eigenvalue weighted by Crippen LogP contribution is -2.13. The van der Waals surface area contributed by atoms with E-state index >= 15 is 0 Å². The normalized spacial score (nSPS) is 11.2. The summed E-state index contributed by atoms with van der Waals surface area (Å²) < 4.78 is 14.9. The number of carbonyl (C=O) groups is 1. The van der Waals surface area contributed by atoms with Gasteiger partial charge in [0.2, 0.25) is 0 Å². The molecule has 4 rings (SSSR count). The number of pyridine rings is 1. The van der Waals surface area contributed by atoms with Gasteiger partial charge in [-0.15, -0.1) is 0 Å². The molecule has 27 heavy (non-hydrogen) atoms. The molecule has 136 valence electrons. The minimum Gasteiger partial charge on any atom is -0.305 e. The van der Waals surface area contributed by atoms with E-state index in [2.05, 4.69) is 17.3 Å². The van der Waals surface area contributed by atoms with Crippen LogP contribution in [0.3, 0.4) is 0 Å². The second kappa shape index (κ2) is 6.79. The van der Waals surface area contributed by atoms with Gasteiger partial charge in [0.15, 0.2) is 11.5 Å². The lowest BCUT2D eigenvalue weighted by atomic mass is 10.1. The largest absolute Gasteiger partial charge is 0.305 e. The number of nitrogens with zero attached hydrogens (tertiary/aromatic N) is 3. The Balaban J connectivity index is 1.80. The maximum Gasteiger partial charge on any atom is 0.256 e. The first-order valence-corrected chi connectivity index (χ1v) is 8.90. The summed E-state index contributed by atoms with van der Waals surface area (Å²) in [5, 5.41) is 9.17. The second-order valence-corrected chi connectivity index (χ2v) is 6.59. The molecule has 1 N–H and O–H groups in total. The van der Waals surface area contributed by atoms with Gasteiger partial charge < -0.3 is 5.32 Å². The smallest absolute Gasteiger partial charge is 0.256 e. The lowest BCUT2D eigenvalue weighted by molar-refractivity contribution is 0.102. The molecule has 0 aliphatic heterocycles. The summed E-state index contributed by atoms with van der Waals surface area (Å²) in [4.78, 5) is 17.3. The molecule has 0 aliphatic rings. The van der Waals surface area contributed by atoms with E-state index in [1.54, 1.807) is 0 Å². The fourth-order valence-corrected chi connectivity index (χ4v) is 3.10. The summed E-state index contributed by atoms with van der Waals surface area (Å²) in [6.45, 7) is 4.80. The molecule has 6 heteroatoms. The molecule has 0 fully saturated rings. The Morgan fingerprint density at radius 1 is 1.15 bits per heavy atom. The van der Waals surface area contributed by atoms with Crippen LogP contribution >= 0.6 is 0 Å². The summed E-state index contributed by atoms with van der Waals surface area (Å²) in [6, 6.07) is 13.5. The Morgan fingerprint density at radius 2 is 1.93 bits per heavy atom. The number of aromatic nitrogens is 3. The quantitative estimate of drug-likeness (QED) is 0.573. The van der Waals surface area contributed by atoms with Crippen LogP contribution in [0.2, 0.25) is 0 Å². The molecule has 0 saturated heterocycles. The zero-order chi connectivity index (χ0) is 19.0. The summed E-state index contributed by atoms with van der Waals surface area (Å²) in [7, 11) is 0. The van der Waals surface area contributed by atoms with E-state index < -0.39 is 0 Å². The van der Waals surface area contributed by atoms with Gasteiger partial charge >= 0.3 is 0 Å². The highest BCUT2D eigenvalue weighted by Crippen LogP contribution is 2.27. The van der Waals surface area contributed by atoms with Crippen molar-refractivity contribution in [2.45, 2.75) is 26.8 Å². The van der Waals surface area contributed by atoms with E-state index in [0.717, 1.165) is 33.9 Å². The summed E-state index contributed by atoms with van der Waals surface area (Å²) in [6.07, 6.45) is 0.898. The number of halogens is 1. The number of rotatable bonds is 4. The first kappa shape index (κ1) is 17.1. The zero-order valence-electron chi connectivity index (χ0n) is 15.2. The van der Waals surface area contributed by atoms with Crippen LogP contribution in [0.4, 0.5) is 10.2 Å². The van der Waals surface area contributed by atoms with Crippen LogP contribution < -0.4 is 5.32 Å². The molecular weight excluding hydrogens is 343 g/mol. The van der Waals surface area contributed by atoms with Gasteiger partial charge in [0.25, 0.3) is 5.91 Å². The van der Waals surface area contributed by atoms with Crippen LogP contribution in [0.5, 0.6) is 0 Å². The third-order valence-corrected chi connectivity index (χ3v) is 4.45. The summed E-state index contributed by atoms with van der Waals surface area (Å²) in [5.41, 5.74) is 3.15. The van der Waals surface area contributed by atoms with E-state index in [4.69, 9.17) is 4.98 Å². The van der Waals surface area contributed by atoms with E-state index in [1.165, 1.54) is 24.3 Å². The molecule has 2 aromatic heterocycles. The molecule has 0 bridgehead atoms. The average molecular weight is 362 g/mol. The fourth-order valence-electron chi connectivity index (χ4n) is 3.10. The van der Waals surface area contributed by atoms with E-state index in [-0.39, 0.29) is 11.7 Å². The van der Waals surface area contributed by atoms with Crippen molar-refractivity contribution < 1.29 is 9.18 Å². The molecule has 0 spiro atoms. The third-order valence-electron chi connectivity index (χ3n) is 4.45. The van der Waals surface area contributed by atoms with Crippen LogP contribution in [0.25, 0.3) is 21.9 Å². The van der Waals surface area contributed by atoms with Crippen LogP contribution in [0.15, 0.2) is 48.5 Å². The fraction of sp³-hybridized carbons (Fsp3) is 0.190. The molecule has 5 nitrogen and oxygen atoms in total. The molecule has 1 amide bonds. The minimum atomic E-state index is -0.379. The van der Waals surface area contributed by atoms with Crippen LogP contribution in [0.1, 0.15) is 29.3 Å². The van der Waals surface area contributed by atoms with Crippen molar-refractivity contribution in [2.24, 2.45) is 0 Å². The number of fused-ring (bicyclic) bond motifs is 2.